The summed E-state index contributed by atoms with van der Waals surface area (Å²) < 4.78 is 52.8. The summed E-state index contributed by atoms with van der Waals surface area (Å²) in [5.74, 6) is -8.64. The van der Waals surface area contributed by atoms with Gasteiger partial charge in [-0.1, -0.05) is 0 Å². The number of carboxylic acids is 1. The van der Waals surface area contributed by atoms with Gasteiger partial charge in [0, 0.05) is 13.8 Å². The maximum atomic E-state index is 11.3. The van der Waals surface area contributed by atoms with E-state index in [1.54, 1.807) is 0 Å². The molecule has 0 heterocycles. The second kappa shape index (κ2) is 6.65. The first kappa shape index (κ1) is 18.3. The lowest BCUT2D eigenvalue weighted by molar-refractivity contribution is -0.141. The number of hydrogen-bond donors (Lipinski definition) is 1. The van der Waals surface area contributed by atoms with E-state index in [-0.39, 0.29) is 0 Å². The van der Waals surface area contributed by atoms with Gasteiger partial charge in [-0.2, -0.15) is 16.8 Å². The van der Waals surface area contributed by atoms with Crippen LogP contribution >= 0.6 is 0 Å². The van der Waals surface area contributed by atoms with Gasteiger partial charge in [0.1, 0.15) is 11.5 Å². The molecule has 0 fully saturated rings. The monoisotopic (exact) mass is 332 g/mol. The van der Waals surface area contributed by atoms with Gasteiger partial charge < -0.3 is 13.5 Å². The molecule has 0 aliphatic rings. The second-order valence-electron chi connectivity index (χ2n) is 3.63. The second-order valence-corrected chi connectivity index (χ2v) is 6.86. The van der Waals surface area contributed by atoms with Crippen molar-refractivity contribution in [3.63, 3.8) is 0 Å². The van der Waals surface area contributed by atoms with Crippen LogP contribution in [0.1, 0.15) is 13.8 Å². The van der Waals surface area contributed by atoms with Gasteiger partial charge in [-0.15, -0.1) is 0 Å². The van der Waals surface area contributed by atoms with Gasteiger partial charge in [0.15, 0.2) is 0 Å². The summed E-state index contributed by atoms with van der Waals surface area (Å²) in [5, 5.41) is 8.76. The van der Waals surface area contributed by atoms with Gasteiger partial charge in [0.05, 0.1) is 5.92 Å². The largest absolute Gasteiger partial charge is 0.481 e. The highest BCUT2D eigenvalue weighted by Crippen LogP contribution is 2.10. The predicted molar refractivity (Wildman–Crippen MR) is 62.2 cm³/mol. The normalized spacial score (nSPS) is 11.9. The quantitative estimate of drug-likeness (QED) is 0.542. The van der Waals surface area contributed by atoms with E-state index >= 15 is 0 Å². The SMILES string of the molecule is CC(=O)OS(=O)(=O)CC(CS(=O)(=O)OC(C)=O)C(=O)O. The van der Waals surface area contributed by atoms with Crippen LogP contribution in [-0.4, -0.2) is 51.4 Å². The van der Waals surface area contributed by atoms with Crippen molar-refractivity contribution in [2.24, 2.45) is 5.92 Å². The van der Waals surface area contributed by atoms with Crippen molar-refractivity contribution in [3.05, 3.63) is 0 Å². The van der Waals surface area contributed by atoms with Crippen molar-refractivity contribution in [3.8, 4) is 0 Å². The molecule has 1 N–H and O–H groups in total. The molecule has 0 unspecified atom stereocenters. The zero-order valence-electron chi connectivity index (χ0n) is 10.4. The van der Waals surface area contributed by atoms with E-state index in [1.807, 2.05) is 0 Å². The summed E-state index contributed by atoms with van der Waals surface area (Å²) in [6.07, 6.45) is 0. The van der Waals surface area contributed by atoms with Gasteiger partial charge >= 0.3 is 38.1 Å². The third-order valence-corrected chi connectivity index (χ3v) is 4.25. The van der Waals surface area contributed by atoms with Gasteiger partial charge in [0.25, 0.3) is 0 Å². The zero-order chi connectivity index (χ0) is 16.1. The van der Waals surface area contributed by atoms with Crippen molar-refractivity contribution < 1.29 is 44.7 Å². The van der Waals surface area contributed by atoms with Crippen LogP contribution in [0.3, 0.4) is 0 Å². The summed E-state index contributed by atoms with van der Waals surface area (Å²) in [4.78, 5) is 31.8. The Morgan fingerprint density at radius 3 is 1.40 bits per heavy atom. The molecule has 0 aromatic carbocycles. The summed E-state index contributed by atoms with van der Waals surface area (Å²) in [5.41, 5.74) is 0. The van der Waals surface area contributed by atoms with E-state index in [0.29, 0.717) is 0 Å². The third kappa shape index (κ3) is 7.68. The van der Waals surface area contributed by atoms with E-state index in [1.165, 1.54) is 0 Å². The molecule has 10 nitrogen and oxygen atoms in total. The Bertz CT molecular complexity index is 551. The summed E-state index contributed by atoms with van der Waals surface area (Å²) in [6, 6.07) is 0. The minimum Gasteiger partial charge on any atom is -0.481 e. The molecule has 0 radical (unpaired) electrons. The maximum Gasteiger partial charge on any atom is 0.319 e. The molecule has 0 atom stereocenters. The Hall–Kier alpha value is -1.69. The fourth-order valence-corrected chi connectivity index (χ4v) is 3.62. The summed E-state index contributed by atoms with van der Waals surface area (Å²) >= 11 is 0. The lowest BCUT2D eigenvalue weighted by Gasteiger charge is -2.12. The Morgan fingerprint density at radius 2 is 1.20 bits per heavy atom. The number of aliphatic carboxylic acids is 1. The molecule has 0 aromatic heterocycles. The van der Waals surface area contributed by atoms with Gasteiger partial charge in [-0.25, -0.2) is 0 Å². The molecule has 0 rings (SSSR count). The lowest BCUT2D eigenvalue weighted by Crippen LogP contribution is -2.32. The average molecular weight is 332 g/mol. The molecule has 0 aliphatic heterocycles. The van der Waals surface area contributed by atoms with Crippen LogP contribution in [0.4, 0.5) is 0 Å². The minimum atomic E-state index is -4.56. The van der Waals surface area contributed by atoms with Crippen LogP contribution in [0.25, 0.3) is 0 Å². The van der Waals surface area contributed by atoms with Gasteiger partial charge in [0.2, 0.25) is 0 Å². The molecule has 0 spiro atoms. The van der Waals surface area contributed by atoms with Crippen LogP contribution in [0.15, 0.2) is 0 Å². The number of rotatable bonds is 7. The van der Waals surface area contributed by atoms with E-state index in [9.17, 15) is 31.2 Å². The Kier molecular flexibility index (Phi) is 6.09. The third-order valence-electron chi connectivity index (χ3n) is 1.65. The van der Waals surface area contributed by atoms with Crippen LogP contribution in [-0.2, 0) is 43.0 Å². The van der Waals surface area contributed by atoms with Crippen molar-refractivity contribution in [1.29, 1.82) is 0 Å². The standard InChI is InChI=1S/C8H12O10S2/c1-5(9)17-19(13,14)3-7(8(11)12)4-20(15,16)18-6(2)10/h7H,3-4H2,1-2H3,(H,11,12). The van der Waals surface area contributed by atoms with Crippen molar-refractivity contribution in [1.82, 2.24) is 0 Å². The van der Waals surface area contributed by atoms with E-state index in [4.69, 9.17) is 5.11 Å². The smallest absolute Gasteiger partial charge is 0.319 e. The molecule has 12 heteroatoms. The fourth-order valence-electron chi connectivity index (χ4n) is 1.11. The average Bonchev–Trinajstić information content (AvgIpc) is 2.10. The van der Waals surface area contributed by atoms with Crippen molar-refractivity contribution in [2.45, 2.75) is 13.8 Å². The highest BCUT2D eigenvalue weighted by atomic mass is 32.2. The highest BCUT2D eigenvalue weighted by molar-refractivity contribution is 7.88. The highest BCUT2D eigenvalue weighted by Gasteiger charge is 2.33. The van der Waals surface area contributed by atoms with E-state index < -0.39 is 55.6 Å². The lowest BCUT2D eigenvalue weighted by atomic mass is 10.2. The van der Waals surface area contributed by atoms with Crippen LogP contribution in [0, 0.1) is 5.92 Å². The van der Waals surface area contributed by atoms with E-state index in [2.05, 4.69) is 8.37 Å². The molecular formula is C8H12O10S2. The number of carbonyl (C=O) groups excluding carboxylic acids is 2. The predicted octanol–water partition coefficient (Wildman–Crippen LogP) is -1.53. The minimum absolute atomic E-state index is 0.781. The first-order chi connectivity index (χ1) is 8.84. The van der Waals surface area contributed by atoms with Crippen LogP contribution in [0.5, 0.6) is 0 Å². The summed E-state index contributed by atoms with van der Waals surface area (Å²) in [7, 11) is -9.12. The van der Waals surface area contributed by atoms with Crippen molar-refractivity contribution >= 4 is 38.1 Å². The Balaban J connectivity index is 5.07. The van der Waals surface area contributed by atoms with Crippen LogP contribution < -0.4 is 0 Å². The maximum absolute atomic E-state index is 11.3. The fraction of sp³-hybridized carbons (Fsp3) is 0.625. The van der Waals surface area contributed by atoms with Gasteiger partial charge in [-0.3, -0.25) is 14.4 Å². The first-order valence-corrected chi connectivity index (χ1v) is 8.08. The zero-order valence-corrected chi connectivity index (χ0v) is 12.1. The molecule has 20 heavy (non-hydrogen) atoms. The van der Waals surface area contributed by atoms with Crippen molar-refractivity contribution in [2.75, 3.05) is 11.5 Å². The number of hydrogen-bond acceptors (Lipinski definition) is 9. The number of carbonyl (C=O) groups is 3. The van der Waals surface area contributed by atoms with Crippen LogP contribution in [0.2, 0.25) is 0 Å². The number of carboxylic acid groups (broad SMARTS) is 1. The topological polar surface area (TPSA) is 158 Å². The Morgan fingerprint density at radius 1 is 0.900 bits per heavy atom. The molecule has 0 aromatic rings. The molecular weight excluding hydrogens is 320 g/mol. The molecule has 0 saturated carbocycles. The molecule has 0 saturated heterocycles. The summed E-state index contributed by atoms with van der Waals surface area (Å²) in [6.45, 7) is 1.56. The molecule has 116 valence electrons. The first-order valence-electron chi connectivity index (χ1n) is 4.93. The van der Waals surface area contributed by atoms with Gasteiger partial charge in [-0.05, 0) is 0 Å². The molecule has 0 amide bonds. The van der Waals surface area contributed by atoms with E-state index in [0.717, 1.165) is 13.8 Å². The molecule has 0 aliphatic carbocycles. The molecule has 0 bridgehead atoms. The Labute approximate surface area is 114 Å².